The van der Waals surface area contributed by atoms with Crippen molar-refractivity contribution in [3.05, 3.63) is 16.3 Å². The summed E-state index contributed by atoms with van der Waals surface area (Å²) >= 11 is 1.12. The number of likely N-dealkylation sites (tertiary alicyclic amines) is 1. The molecule has 7 nitrogen and oxygen atoms in total. The van der Waals surface area contributed by atoms with Gasteiger partial charge < -0.3 is 10.2 Å². The van der Waals surface area contributed by atoms with Gasteiger partial charge in [-0.05, 0) is 43.0 Å². The van der Waals surface area contributed by atoms with Crippen molar-refractivity contribution < 1.29 is 18.0 Å². The normalized spacial score (nSPS) is 21.4. The third-order valence-electron chi connectivity index (χ3n) is 5.15. The highest BCUT2D eigenvalue weighted by atomic mass is 32.2. The molecule has 2 aliphatic rings. The first-order chi connectivity index (χ1) is 12.9. The van der Waals surface area contributed by atoms with Crippen LogP contribution < -0.4 is 5.32 Å². The molecular weight excluding hydrogens is 386 g/mol. The van der Waals surface area contributed by atoms with Crippen LogP contribution in [0.4, 0.5) is 0 Å². The third-order valence-corrected chi connectivity index (χ3v) is 8.14. The number of carbonyl (C=O) groups is 2. The summed E-state index contributed by atoms with van der Waals surface area (Å²) in [5, 5.41) is 4.33. The molecule has 0 saturated carbocycles. The van der Waals surface area contributed by atoms with Gasteiger partial charge in [0.25, 0.3) is 5.91 Å². The number of sulfonamides is 1. The topological polar surface area (TPSA) is 86.8 Å². The van der Waals surface area contributed by atoms with Crippen LogP contribution in [0, 0.1) is 5.92 Å². The minimum absolute atomic E-state index is 0.0398. The summed E-state index contributed by atoms with van der Waals surface area (Å²) < 4.78 is 26.9. The second-order valence-corrected chi connectivity index (χ2v) is 10.1. The quantitative estimate of drug-likeness (QED) is 0.772. The molecule has 3 heterocycles. The first-order valence-electron chi connectivity index (χ1n) is 9.53. The summed E-state index contributed by atoms with van der Waals surface area (Å²) in [6.07, 6.45) is 4.10. The lowest BCUT2D eigenvalue weighted by molar-refractivity contribution is -0.132. The lowest BCUT2D eigenvalue weighted by Crippen LogP contribution is -2.40. The van der Waals surface area contributed by atoms with E-state index in [-0.39, 0.29) is 28.6 Å². The van der Waals surface area contributed by atoms with Crippen molar-refractivity contribution in [1.29, 1.82) is 0 Å². The highest BCUT2D eigenvalue weighted by molar-refractivity contribution is 7.89. The van der Waals surface area contributed by atoms with E-state index >= 15 is 0 Å². The molecule has 0 spiro atoms. The van der Waals surface area contributed by atoms with Crippen LogP contribution in [0.3, 0.4) is 0 Å². The maximum absolute atomic E-state index is 12.7. The van der Waals surface area contributed by atoms with Crippen molar-refractivity contribution in [2.45, 2.75) is 43.9 Å². The van der Waals surface area contributed by atoms with Crippen LogP contribution in [-0.4, -0.2) is 62.2 Å². The average molecular weight is 414 g/mol. The van der Waals surface area contributed by atoms with E-state index in [0.29, 0.717) is 19.0 Å². The molecule has 1 atom stereocenters. The Morgan fingerprint density at radius 3 is 2.67 bits per heavy atom. The van der Waals surface area contributed by atoms with Gasteiger partial charge in [0.2, 0.25) is 15.9 Å². The predicted octanol–water partition coefficient (Wildman–Crippen LogP) is 1.91. The fraction of sp³-hybridized carbons (Fsp3) is 0.667. The third kappa shape index (κ3) is 4.70. The zero-order chi connectivity index (χ0) is 19.4. The Balaban J connectivity index is 1.56. The van der Waals surface area contributed by atoms with Crippen LogP contribution in [-0.2, 0) is 14.8 Å². The van der Waals surface area contributed by atoms with Crippen molar-refractivity contribution in [1.82, 2.24) is 14.5 Å². The minimum Gasteiger partial charge on any atom is -0.351 e. The Labute approximate surface area is 164 Å². The van der Waals surface area contributed by atoms with E-state index in [1.807, 2.05) is 4.90 Å². The molecule has 3 rings (SSSR count). The molecule has 2 saturated heterocycles. The summed E-state index contributed by atoms with van der Waals surface area (Å²) in [5.41, 5.74) is 0. The van der Waals surface area contributed by atoms with E-state index in [1.165, 1.54) is 10.4 Å². The van der Waals surface area contributed by atoms with E-state index in [9.17, 15) is 18.0 Å². The van der Waals surface area contributed by atoms with Gasteiger partial charge in [-0.15, -0.1) is 11.3 Å². The maximum Gasteiger partial charge on any atom is 0.262 e. The van der Waals surface area contributed by atoms with Crippen LogP contribution in [0.15, 0.2) is 16.3 Å². The summed E-state index contributed by atoms with van der Waals surface area (Å²) in [6.45, 7) is 4.91. The number of piperidine rings is 1. The smallest absolute Gasteiger partial charge is 0.262 e. The lowest BCUT2D eigenvalue weighted by Gasteiger charge is -2.31. The SMILES string of the molecule is CC1CCCN(C(=O)CCNC(=O)c2sccc2S(=O)(=O)N2CCCC2)C1. The number of hydrogen-bond acceptors (Lipinski definition) is 5. The fourth-order valence-corrected chi connectivity index (χ4v) is 6.51. The fourth-order valence-electron chi connectivity index (χ4n) is 3.67. The number of thiophene rings is 1. The van der Waals surface area contributed by atoms with E-state index in [0.717, 1.165) is 50.1 Å². The highest BCUT2D eigenvalue weighted by Gasteiger charge is 2.31. The van der Waals surface area contributed by atoms with Crippen molar-refractivity contribution in [2.75, 3.05) is 32.7 Å². The van der Waals surface area contributed by atoms with Gasteiger partial charge in [-0.3, -0.25) is 9.59 Å². The molecule has 9 heteroatoms. The average Bonchev–Trinajstić information content (AvgIpc) is 3.33. The standard InChI is InChI=1S/C18H27N3O4S2/c1-14-5-4-9-20(13-14)16(22)6-8-19-18(23)17-15(7-12-26-17)27(24,25)21-10-2-3-11-21/h7,12,14H,2-6,8-11,13H2,1H3,(H,19,23). The molecule has 1 aromatic rings. The molecule has 1 unspecified atom stereocenters. The van der Waals surface area contributed by atoms with Crippen LogP contribution >= 0.6 is 11.3 Å². The van der Waals surface area contributed by atoms with Gasteiger partial charge in [0.1, 0.15) is 9.77 Å². The van der Waals surface area contributed by atoms with Gasteiger partial charge in [0.05, 0.1) is 0 Å². The molecule has 150 valence electrons. The Hall–Kier alpha value is -1.45. The Morgan fingerprint density at radius 1 is 1.22 bits per heavy atom. The largest absolute Gasteiger partial charge is 0.351 e. The molecule has 0 aliphatic carbocycles. The van der Waals surface area contributed by atoms with E-state index < -0.39 is 15.9 Å². The van der Waals surface area contributed by atoms with Gasteiger partial charge in [-0.25, -0.2) is 8.42 Å². The molecule has 0 bridgehead atoms. The van der Waals surface area contributed by atoms with Crippen LogP contribution in [0.5, 0.6) is 0 Å². The Morgan fingerprint density at radius 2 is 1.96 bits per heavy atom. The monoisotopic (exact) mass is 413 g/mol. The number of nitrogens with zero attached hydrogens (tertiary/aromatic N) is 2. The summed E-state index contributed by atoms with van der Waals surface area (Å²) in [4.78, 5) is 26.9. The van der Waals surface area contributed by atoms with Crippen molar-refractivity contribution >= 4 is 33.2 Å². The van der Waals surface area contributed by atoms with Crippen molar-refractivity contribution in [3.8, 4) is 0 Å². The van der Waals surface area contributed by atoms with E-state index in [4.69, 9.17) is 0 Å². The molecule has 2 fully saturated rings. The van der Waals surface area contributed by atoms with Gasteiger partial charge in [0, 0.05) is 39.1 Å². The molecule has 2 amide bonds. The van der Waals surface area contributed by atoms with Gasteiger partial charge in [0.15, 0.2) is 0 Å². The first-order valence-corrected chi connectivity index (χ1v) is 11.8. The molecule has 1 N–H and O–H groups in total. The van der Waals surface area contributed by atoms with Crippen LogP contribution in [0.25, 0.3) is 0 Å². The van der Waals surface area contributed by atoms with E-state index in [1.54, 1.807) is 5.38 Å². The summed E-state index contributed by atoms with van der Waals surface area (Å²) in [6, 6.07) is 1.49. The second-order valence-electron chi connectivity index (χ2n) is 7.32. The molecule has 0 aromatic carbocycles. The highest BCUT2D eigenvalue weighted by Crippen LogP contribution is 2.27. The van der Waals surface area contributed by atoms with E-state index in [2.05, 4.69) is 12.2 Å². The summed E-state index contributed by atoms with van der Waals surface area (Å²) in [5.74, 6) is 0.127. The lowest BCUT2D eigenvalue weighted by atomic mass is 10.00. The molecular formula is C18H27N3O4S2. The van der Waals surface area contributed by atoms with Crippen LogP contribution in [0.1, 0.15) is 48.7 Å². The minimum atomic E-state index is -3.63. The molecule has 27 heavy (non-hydrogen) atoms. The Kier molecular flexibility index (Phi) is 6.54. The number of nitrogens with one attached hydrogen (secondary N) is 1. The number of amides is 2. The summed E-state index contributed by atoms with van der Waals surface area (Å²) in [7, 11) is -3.63. The first kappa shape index (κ1) is 20.3. The Bertz CT molecular complexity index is 784. The number of carbonyl (C=O) groups excluding carboxylic acids is 2. The zero-order valence-electron chi connectivity index (χ0n) is 15.6. The maximum atomic E-state index is 12.7. The number of rotatable bonds is 6. The molecule has 1 aromatic heterocycles. The number of hydrogen-bond donors (Lipinski definition) is 1. The van der Waals surface area contributed by atoms with Crippen LogP contribution in [0.2, 0.25) is 0 Å². The van der Waals surface area contributed by atoms with Crippen molar-refractivity contribution in [3.63, 3.8) is 0 Å². The van der Waals surface area contributed by atoms with Gasteiger partial charge in [-0.2, -0.15) is 4.31 Å². The second kappa shape index (κ2) is 8.70. The van der Waals surface area contributed by atoms with Gasteiger partial charge in [-0.1, -0.05) is 6.92 Å². The molecule has 2 aliphatic heterocycles. The van der Waals surface area contributed by atoms with Crippen molar-refractivity contribution in [2.24, 2.45) is 5.92 Å². The molecule has 0 radical (unpaired) electrons. The van der Waals surface area contributed by atoms with Gasteiger partial charge >= 0.3 is 0 Å². The zero-order valence-corrected chi connectivity index (χ0v) is 17.3. The predicted molar refractivity (Wildman–Crippen MR) is 104 cm³/mol.